The van der Waals surface area contributed by atoms with Gasteiger partial charge in [-0.15, -0.1) is 11.3 Å². The molecule has 2 aromatic rings. The van der Waals surface area contributed by atoms with E-state index in [1.54, 1.807) is 11.3 Å². The van der Waals surface area contributed by atoms with Crippen molar-refractivity contribution < 1.29 is 0 Å². The first-order valence-electron chi connectivity index (χ1n) is 8.24. The average Bonchev–Trinajstić information content (AvgIpc) is 3.01. The first kappa shape index (κ1) is 14.9. The second-order valence-corrected chi connectivity index (χ2v) is 6.94. The van der Waals surface area contributed by atoms with Gasteiger partial charge in [-0.25, -0.2) is 4.98 Å². The predicted molar refractivity (Wildman–Crippen MR) is 90.3 cm³/mol. The van der Waals surface area contributed by atoms with Crippen LogP contribution in [0.1, 0.15) is 51.1 Å². The van der Waals surface area contributed by atoms with Crippen LogP contribution in [0.2, 0.25) is 0 Å². The van der Waals surface area contributed by atoms with E-state index in [1.165, 1.54) is 43.6 Å². The molecule has 2 aromatic heterocycles. The molecule has 1 fully saturated rings. The first-order valence-corrected chi connectivity index (χ1v) is 9.12. The number of rotatable bonds is 4. The van der Waals surface area contributed by atoms with Gasteiger partial charge in [0.05, 0.1) is 5.69 Å². The predicted octanol–water partition coefficient (Wildman–Crippen LogP) is 3.45. The maximum Gasteiger partial charge on any atom is 0.195 e. The zero-order chi connectivity index (χ0) is 14.7. The van der Waals surface area contributed by atoms with Crippen LogP contribution in [0, 0.1) is 0 Å². The largest absolute Gasteiger partial charge is 0.355 e. The van der Waals surface area contributed by atoms with Crippen molar-refractivity contribution in [2.45, 2.75) is 57.9 Å². The molecule has 0 radical (unpaired) electrons. The molecule has 5 heteroatoms. The highest BCUT2D eigenvalue weighted by molar-refractivity contribution is 7.15. The second kappa shape index (κ2) is 6.79. The molecule has 1 unspecified atom stereocenters. The van der Waals surface area contributed by atoms with Gasteiger partial charge in [-0.05, 0) is 19.3 Å². The molecular formula is C16H26N4S. The van der Waals surface area contributed by atoms with Crippen molar-refractivity contribution in [1.82, 2.24) is 9.38 Å². The minimum Gasteiger partial charge on any atom is -0.355 e. The minimum atomic E-state index is 0.221. The molecule has 0 aliphatic carbocycles. The zero-order valence-electron chi connectivity index (χ0n) is 12.9. The van der Waals surface area contributed by atoms with Crippen LogP contribution in [0.3, 0.4) is 0 Å². The monoisotopic (exact) mass is 306 g/mol. The maximum absolute atomic E-state index is 6.22. The fraction of sp³-hybridized carbons (Fsp3) is 0.688. The smallest absolute Gasteiger partial charge is 0.195 e. The van der Waals surface area contributed by atoms with Crippen molar-refractivity contribution in [3.63, 3.8) is 0 Å². The van der Waals surface area contributed by atoms with Crippen LogP contribution < -0.4 is 10.6 Å². The van der Waals surface area contributed by atoms with Crippen LogP contribution in [-0.4, -0.2) is 28.5 Å². The van der Waals surface area contributed by atoms with Crippen LogP contribution in [0.4, 0.5) is 5.82 Å². The van der Waals surface area contributed by atoms with Crippen molar-refractivity contribution in [2.24, 2.45) is 5.73 Å². The van der Waals surface area contributed by atoms with Gasteiger partial charge in [0.15, 0.2) is 10.8 Å². The van der Waals surface area contributed by atoms with E-state index in [-0.39, 0.29) is 6.04 Å². The highest BCUT2D eigenvalue weighted by Crippen LogP contribution is 2.27. The van der Waals surface area contributed by atoms with Crippen LogP contribution in [0.5, 0.6) is 0 Å². The molecule has 0 aromatic carbocycles. The molecule has 2 N–H and O–H groups in total. The van der Waals surface area contributed by atoms with Gasteiger partial charge in [0, 0.05) is 37.1 Å². The van der Waals surface area contributed by atoms with Gasteiger partial charge in [-0.3, -0.25) is 4.40 Å². The molecule has 1 saturated heterocycles. The SMILES string of the molecule is CCC(N)Cc1c(N2CCCCCCC2)nc2sccn12. The van der Waals surface area contributed by atoms with Crippen LogP contribution in [0.25, 0.3) is 4.96 Å². The summed E-state index contributed by atoms with van der Waals surface area (Å²) >= 11 is 1.71. The minimum absolute atomic E-state index is 0.221. The molecule has 0 spiro atoms. The van der Waals surface area contributed by atoms with Gasteiger partial charge in [0.2, 0.25) is 0 Å². The molecular weight excluding hydrogens is 280 g/mol. The Morgan fingerprint density at radius 2 is 1.95 bits per heavy atom. The van der Waals surface area contributed by atoms with E-state index in [4.69, 9.17) is 10.7 Å². The Morgan fingerprint density at radius 1 is 1.24 bits per heavy atom. The van der Waals surface area contributed by atoms with Gasteiger partial charge in [-0.1, -0.05) is 26.2 Å². The Kier molecular flexibility index (Phi) is 4.80. The van der Waals surface area contributed by atoms with Gasteiger partial charge in [-0.2, -0.15) is 0 Å². The van der Waals surface area contributed by atoms with Crippen LogP contribution in [0.15, 0.2) is 11.6 Å². The van der Waals surface area contributed by atoms with E-state index in [2.05, 4.69) is 27.8 Å². The Morgan fingerprint density at radius 3 is 2.67 bits per heavy atom. The number of nitrogens with two attached hydrogens (primary N) is 1. The van der Waals surface area contributed by atoms with Gasteiger partial charge in [0.25, 0.3) is 0 Å². The molecule has 0 saturated carbocycles. The summed E-state index contributed by atoms with van der Waals surface area (Å²) in [7, 11) is 0. The Bertz CT molecular complexity index is 566. The quantitative estimate of drug-likeness (QED) is 0.941. The number of aromatic nitrogens is 2. The standard InChI is InChI=1S/C16H26N4S/c1-2-13(17)12-14-15(18-16-20(14)10-11-21-16)19-8-6-4-3-5-7-9-19/h10-11,13H,2-9,12,17H2,1H3. The number of hydrogen-bond donors (Lipinski definition) is 1. The molecule has 1 aliphatic rings. The topological polar surface area (TPSA) is 46.6 Å². The lowest BCUT2D eigenvalue weighted by molar-refractivity contribution is 0.551. The van der Waals surface area contributed by atoms with E-state index < -0.39 is 0 Å². The van der Waals surface area contributed by atoms with Crippen molar-refractivity contribution in [3.05, 3.63) is 17.3 Å². The normalized spacial score (nSPS) is 18.7. The molecule has 0 bridgehead atoms. The summed E-state index contributed by atoms with van der Waals surface area (Å²) in [6.07, 6.45) is 10.7. The number of imidazole rings is 1. The van der Waals surface area contributed by atoms with E-state index in [0.29, 0.717) is 0 Å². The lowest BCUT2D eigenvalue weighted by atomic mass is 10.1. The summed E-state index contributed by atoms with van der Waals surface area (Å²) in [4.78, 5) is 8.51. The fourth-order valence-electron chi connectivity index (χ4n) is 3.12. The fourth-order valence-corrected chi connectivity index (χ4v) is 3.84. The van der Waals surface area contributed by atoms with Gasteiger partial charge in [0.1, 0.15) is 0 Å². The third kappa shape index (κ3) is 3.24. The van der Waals surface area contributed by atoms with Gasteiger partial charge < -0.3 is 10.6 Å². The Balaban J connectivity index is 1.91. The molecule has 3 heterocycles. The molecule has 0 amide bonds. The molecule has 1 aliphatic heterocycles. The van der Waals surface area contributed by atoms with E-state index in [0.717, 1.165) is 30.9 Å². The van der Waals surface area contributed by atoms with Crippen LogP contribution >= 0.6 is 11.3 Å². The summed E-state index contributed by atoms with van der Waals surface area (Å²) in [5.74, 6) is 1.19. The zero-order valence-corrected chi connectivity index (χ0v) is 13.7. The third-order valence-corrected chi connectivity index (χ3v) is 5.23. The molecule has 116 valence electrons. The second-order valence-electron chi connectivity index (χ2n) is 6.06. The number of anilines is 1. The van der Waals surface area contributed by atoms with Crippen molar-refractivity contribution >= 4 is 22.1 Å². The summed E-state index contributed by atoms with van der Waals surface area (Å²) in [6, 6.07) is 0.221. The van der Waals surface area contributed by atoms with Crippen LogP contribution in [-0.2, 0) is 6.42 Å². The Labute approximate surface area is 131 Å². The van der Waals surface area contributed by atoms with E-state index >= 15 is 0 Å². The maximum atomic E-state index is 6.22. The van der Waals surface area contributed by atoms with Crippen molar-refractivity contribution in [1.29, 1.82) is 0 Å². The molecule has 1 atom stereocenters. The summed E-state index contributed by atoms with van der Waals surface area (Å²) in [5, 5.41) is 2.11. The number of nitrogens with zero attached hydrogens (tertiary/aromatic N) is 3. The summed E-state index contributed by atoms with van der Waals surface area (Å²) < 4.78 is 2.24. The lowest BCUT2D eigenvalue weighted by Gasteiger charge is -2.26. The van der Waals surface area contributed by atoms with Gasteiger partial charge >= 0.3 is 0 Å². The highest BCUT2D eigenvalue weighted by atomic mass is 32.1. The molecule has 4 nitrogen and oxygen atoms in total. The average molecular weight is 306 g/mol. The molecule has 3 rings (SSSR count). The molecule has 21 heavy (non-hydrogen) atoms. The number of hydrogen-bond acceptors (Lipinski definition) is 4. The highest BCUT2D eigenvalue weighted by Gasteiger charge is 2.20. The number of fused-ring (bicyclic) bond motifs is 1. The van der Waals surface area contributed by atoms with Crippen molar-refractivity contribution in [2.75, 3.05) is 18.0 Å². The summed E-state index contributed by atoms with van der Waals surface area (Å²) in [6.45, 7) is 4.44. The van der Waals surface area contributed by atoms with Crippen molar-refractivity contribution in [3.8, 4) is 0 Å². The Hall–Kier alpha value is -1.07. The summed E-state index contributed by atoms with van der Waals surface area (Å²) in [5.41, 5.74) is 7.53. The lowest BCUT2D eigenvalue weighted by Crippen LogP contribution is -2.30. The van der Waals surface area contributed by atoms with E-state index in [9.17, 15) is 0 Å². The number of thiazole rings is 1. The van der Waals surface area contributed by atoms with E-state index in [1.807, 2.05) is 0 Å². The third-order valence-electron chi connectivity index (χ3n) is 4.48. The first-order chi connectivity index (χ1) is 10.3.